The number of hydrogen-bond donors (Lipinski definition) is 1. The number of ether oxygens (including phenoxy) is 1. The molecule has 180 valence electrons. The van der Waals surface area contributed by atoms with Crippen molar-refractivity contribution < 1.29 is 19.0 Å². The molecule has 4 aromatic rings. The third-order valence-corrected chi connectivity index (χ3v) is 5.92. The molecule has 0 spiro atoms. The molecule has 3 aromatic carbocycles. The zero-order chi connectivity index (χ0) is 24.8. The molecule has 1 heterocycles. The van der Waals surface area contributed by atoms with Crippen molar-refractivity contribution in [2.24, 2.45) is 0 Å². The maximum Gasteiger partial charge on any atom is 0.303 e. The van der Waals surface area contributed by atoms with E-state index in [0.717, 1.165) is 29.8 Å². The van der Waals surface area contributed by atoms with Crippen LogP contribution in [-0.4, -0.2) is 27.5 Å². The lowest BCUT2D eigenvalue weighted by Crippen LogP contribution is -2.03. The molecule has 0 saturated heterocycles. The average molecular weight is 493 g/mol. The Labute approximate surface area is 208 Å². The van der Waals surface area contributed by atoms with Gasteiger partial charge in [-0.05, 0) is 60.9 Å². The topological polar surface area (TPSA) is 64.4 Å². The molecule has 4 rings (SSSR count). The van der Waals surface area contributed by atoms with Gasteiger partial charge in [0.15, 0.2) is 0 Å². The highest BCUT2D eigenvalue weighted by Gasteiger charge is 2.18. The van der Waals surface area contributed by atoms with Crippen LogP contribution in [0.25, 0.3) is 28.2 Å². The summed E-state index contributed by atoms with van der Waals surface area (Å²) in [6.07, 6.45) is 2.39. The van der Waals surface area contributed by atoms with E-state index >= 15 is 0 Å². The smallest absolute Gasteiger partial charge is 0.303 e. The van der Waals surface area contributed by atoms with Gasteiger partial charge in [-0.15, -0.1) is 0 Å². The molecular formula is C28H26ClFN2O3. The number of rotatable bonds is 10. The number of carbonyl (C=O) groups is 1. The highest BCUT2D eigenvalue weighted by molar-refractivity contribution is 6.33. The van der Waals surface area contributed by atoms with Crippen molar-refractivity contribution >= 4 is 17.6 Å². The molecule has 5 nitrogen and oxygen atoms in total. The number of carboxylic acid groups (broad SMARTS) is 1. The van der Waals surface area contributed by atoms with Crippen LogP contribution in [0.3, 0.4) is 0 Å². The van der Waals surface area contributed by atoms with Gasteiger partial charge in [0.25, 0.3) is 0 Å². The van der Waals surface area contributed by atoms with Crippen LogP contribution in [0.15, 0.2) is 72.8 Å². The van der Waals surface area contributed by atoms with E-state index in [1.165, 1.54) is 17.7 Å². The Hall–Kier alpha value is -3.64. The zero-order valence-corrected chi connectivity index (χ0v) is 20.1. The number of aryl methyl sites for hydroxylation is 1. The molecule has 7 heteroatoms. The predicted octanol–water partition coefficient (Wildman–Crippen LogP) is 7.19. The van der Waals surface area contributed by atoms with Crippen LogP contribution in [0, 0.1) is 5.82 Å². The zero-order valence-electron chi connectivity index (χ0n) is 19.4. The lowest BCUT2D eigenvalue weighted by molar-refractivity contribution is -0.137. The molecule has 0 bridgehead atoms. The Morgan fingerprint density at radius 2 is 1.83 bits per heavy atom. The van der Waals surface area contributed by atoms with Crippen LogP contribution in [-0.2, 0) is 11.2 Å². The number of aliphatic carboxylic acids is 1. The van der Waals surface area contributed by atoms with Gasteiger partial charge in [-0.25, -0.2) is 9.07 Å². The highest BCUT2D eigenvalue weighted by atomic mass is 35.5. The van der Waals surface area contributed by atoms with Crippen molar-refractivity contribution in [1.82, 2.24) is 9.78 Å². The number of nitrogens with zero attached hydrogens (tertiary/aromatic N) is 2. The molecular weight excluding hydrogens is 467 g/mol. The first-order chi connectivity index (χ1) is 17.0. The van der Waals surface area contributed by atoms with Gasteiger partial charge in [-0.1, -0.05) is 55.3 Å². The third kappa shape index (κ3) is 5.89. The van der Waals surface area contributed by atoms with Crippen LogP contribution < -0.4 is 4.74 Å². The van der Waals surface area contributed by atoms with Gasteiger partial charge in [0.05, 0.1) is 23.7 Å². The van der Waals surface area contributed by atoms with E-state index in [-0.39, 0.29) is 13.0 Å². The fourth-order valence-corrected chi connectivity index (χ4v) is 4.13. The molecule has 0 atom stereocenters. The first kappa shape index (κ1) is 24.5. The van der Waals surface area contributed by atoms with Gasteiger partial charge in [-0.3, -0.25) is 4.79 Å². The van der Waals surface area contributed by atoms with Crippen molar-refractivity contribution in [2.45, 2.75) is 32.6 Å². The van der Waals surface area contributed by atoms with Gasteiger partial charge in [0.2, 0.25) is 0 Å². The molecule has 0 fully saturated rings. The maximum atomic E-state index is 14.3. The molecule has 1 N–H and O–H groups in total. The number of halogens is 2. The number of carboxylic acids is 1. The minimum atomic E-state index is -0.888. The Balaban J connectivity index is 1.78. The summed E-state index contributed by atoms with van der Waals surface area (Å²) in [5, 5.41) is 14.3. The van der Waals surface area contributed by atoms with Crippen LogP contribution in [0.1, 0.15) is 31.7 Å². The molecule has 0 radical (unpaired) electrons. The fourth-order valence-electron chi connectivity index (χ4n) is 3.90. The van der Waals surface area contributed by atoms with Crippen LogP contribution >= 0.6 is 11.6 Å². The first-order valence-electron chi connectivity index (χ1n) is 11.5. The van der Waals surface area contributed by atoms with Crippen molar-refractivity contribution in [3.05, 3.63) is 89.2 Å². The van der Waals surface area contributed by atoms with Crippen LogP contribution in [0.4, 0.5) is 4.39 Å². The molecule has 1 aromatic heterocycles. The van der Waals surface area contributed by atoms with E-state index in [1.807, 2.05) is 42.5 Å². The quantitative estimate of drug-likeness (QED) is 0.238. The second-order valence-corrected chi connectivity index (χ2v) is 8.62. The monoisotopic (exact) mass is 492 g/mol. The number of benzene rings is 3. The van der Waals surface area contributed by atoms with Gasteiger partial charge >= 0.3 is 5.97 Å². The summed E-state index contributed by atoms with van der Waals surface area (Å²) in [7, 11) is 0. The normalized spacial score (nSPS) is 10.9. The predicted molar refractivity (Wildman–Crippen MR) is 136 cm³/mol. The van der Waals surface area contributed by atoms with E-state index in [4.69, 9.17) is 26.5 Å². The summed E-state index contributed by atoms with van der Waals surface area (Å²) in [5.74, 6) is -0.873. The van der Waals surface area contributed by atoms with E-state index in [0.29, 0.717) is 28.5 Å². The third-order valence-electron chi connectivity index (χ3n) is 5.59. The van der Waals surface area contributed by atoms with Crippen molar-refractivity contribution in [1.29, 1.82) is 0 Å². The molecule has 0 aliphatic rings. The minimum Gasteiger partial charge on any atom is -0.493 e. The standard InChI is InChI=1S/C28H26ClFN2O3/c1-2-6-19-10-13-21(14-11-19)32-26(22-7-3-4-8-24(22)29)18-25(31-32)23-17-20(30)12-15-27(23)35-16-5-9-28(33)34/h3-4,7-8,10-15,17-18H,2,5-6,9,16H2,1H3,(H,33,34). The molecule has 0 amide bonds. The number of aromatic nitrogens is 2. The molecule has 35 heavy (non-hydrogen) atoms. The largest absolute Gasteiger partial charge is 0.493 e. The van der Waals surface area contributed by atoms with Gasteiger partial charge in [0.1, 0.15) is 11.6 Å². The van der Waals surface area contributed by atoms with Crippen molar-refractivity contribution in [3.63, 3.8) is 0 Å². The van der Waals surface area contributed by atoms with Crippen molar-refractivity contribution in [2.75, 3.05) is 6.61 Å². The van der Waals surface area contributed by atoms with Crippen molar-refractivity contribution in [3.8, 4) is 34.0 Å². The van der Waals surface area contributed by atoms with E-state index in [2.05, 4.69) is 19.1 Å². The Morgan fingerprint density at radius 3 is 2.54 bits per heavy atom. The molecule has 0 aliphatic carbocycles. The van der Waals surface area contributed by atoms with E-state index in [9.17, 15) is 9.18 Å². The Morgan fingerprint density at radius 1 is 1.06 bits per heavy atom. The molecule has 0 saturated carbocycles. The minimum absolute atomic E-state index is 0.00413. The summed E-state index contributed by atoms with van der Waals surface area (Å²) >= 11 is 6.53. The average Bonchev–Trinajstić information content (AvgIpc) is 3.28. The Bertz CT molecular complexity index is 1320. The second-order valence-electron chi connectivity index (χ2n) is 8.21. The van der Waals surface area contributed by atoms with Gasteiger partial charge in [0, 0.05) is 22.6 Å². The molecule has 0 aliphatic heterocycles. The van der Waals surface area contributed by atoms with Crippen LogP contribution in [0.2, 0.25) is 5.02 Å². The highest BCUT2D eigenvalue weighted by Crippen LogP contribution is 2.36. The van der Waals surface area contributed by atoms with Gasteiger partial charge in [-0.2, -0.15) is 5.10 Å². The SMILES string of the molecule is CCCc1ccc(-n2nc(-c3cc(F)ccc3OCCCC(=O)O)cc2-c2ccccc2Cl)cc1. The lowest BCUT2D eigenvalue weighted by atomic mass is 10.1. The summed E-state index contributed by atoms with van der Waals surface area (Å²) in [6.45, 7) is 2.34. The Kier molecular flexibility index (Phi) is 7.83. The summed E-state index contributed by atoms with van der Waals surface area (Å²) in [4.78, 5) is 10.8. The fraction of sp³-hybridized carbons (Fsp3) is 0.214. The van der Waals surface area contributed by atoms with E-state index < -0.39 is 11.8 Å². The van der Waals surface area contributed by atoms with Crippen LogP contribution in [0.5, 0.6) is 5.75 Å². The summed E-state index contributed by atoms with van der Waals surface area (Å²) in [6, 6.07) is 21.8. The summed E-state index contributed by atoms with van der Waals surface area (Å²) < 4.78 is 21.9. The number of hydrogen-bond acceptors (Lipinski definition) is 3. The molecule has 0 unspecified atom stereocenters. The maximum absolute atomic E-state index is 14.3. The summed E-state index contributed by atoms with van der Waals surface area (Å²) in [5.41, 5.74) is 4.65. The lowest BCUT2D eigenvalue weighted by Gasteiger charge is -2.10. The van der Waals surface area contributed by atoms with E-state index in [1.54, 1.807) is 10.7 Å². The first-order valence-corrected chi connectivity index (χ1v) is 11.9. The van der Waals surface area contributed by atoms with Gasteiger partial charge < -0.3 is 9.84 Å². The second kappa shape index (κ2) is 11.2.